The second-order valence-corrected chi connectivity index (χ2v) is 10.2. The van der Waals surface area contributed by atoms with E-state index in [1.807, 2.05) is 0 Å². The van der Waals surface area contributed by atoms with Crippen LogP contribution in [0.15, 0.2) is 35.0 Å². The first-order valence-corrected chi connectivity index (χ1v) is 11.3. The van der Waals surface area contributed by atoms with Crippen molar-refractivity contribution in [2.75, 3.05) is 0 Å². The zero-order valence-electron chi connectivity index (χ0n) is 13.4. The van der Waals surface area contributed by atoms with Gasteiger partial charge in [0.1, 0.15) is 0 Å². The maximum atomic E-state index is 12.8. The Morgan fingerprint density at radius 3 is 2.91 bits per heavy atom. The SMILES string of the molecule is C[SiH](C)C1=C2CCC(C2)C1(C(N)=O)c1cccc2c1C=CC2. The van der Waals surface area contributed by atoms with Crippen molar-refractivity contribution >= 4 is 20.8 Å². The van der Waals surface area contributed by atoms with Crippen molar-refractivity contribution in [2.45, 2.75) is 44.2 Å². The molecular formula is C19H23NOSi. The fraction of sp³-hybridized carbons (Fsp3) is 0.421. The summed E-state index contributed by atoms with van der Waals surface area (Å²) in [7, 11) is -1.09. The minimum atomic E-state index is -1.09. The number of nitrogens with two attached hydrogens (primary N) is 1. The number of fused-ring (bicyclic) bond motifs is 3. The fourth-order valence-corrected chi connectivity index (χ4v) is 7.82. The molecule has 4 rings (SSSR count). The zero-order chi connectivity index (χ0) is 15.5. The third-order valence-corrected chi connectivity index (χ3v) is 7.93. The Labute approximate surface area is 133 Å². The molecule has 114 valence electrons. The third kappa shape index (κ3) is 1.58. The largest absolute Gasteiger partial charge is 0.369 e. The lowest BCUT2D eigenvalue weighted by Crippen LogP contribution is -2.50. The van der Waals surface area contributed by atoms with Gasteiger partial charge in [0, 0.05) is 0 Å². The smallest absolute Gasteiger partial charge is 0.232 e. The van der Waals surface area contributed by atoms with Crippen LogP contribution in [0.5, 0.6) is 0 Å². The van der Waals surface area contributed by atoms with Crippen LogP contribution in [-0.2, 0) is 16.6 Å². The number of benzene rings is 1. The molecule has 2 atom stereocenters. The van der Waals surface area contributed by atoms with Crippen molar-refractivity contribution in [3.8, 4) is 0 Å². The van der Waals surface area contributed by atoms with Gasteiger partial charge < -0.3 is 5.73 Å². The molecule has 0 spiro atoms. The standard InChI is InChI=1S/C19H23NOSi/c1-22(2)17-13-9-10-14(11-13)19(17,18(20)21)16-8-4-6-12-5-3-7-15(12)16/h3-4,6-8,14,22H,5,9-11H2,1-2H3,(H2,20,21). The molecule has 3 heteroatoms. The number of hydrogen-bond donors (Lipinski definition) is 1. The van der Waals surface area contributed by atoms with E-state index in [0.29, 0.717) is 5.92 Å². The van der Waals surface area contributed by atoms with E-state index in [0.717, 1.165) is 19.3 Å². The van der Waals surface area contributed by atoms with Crippen LogP contribution >= 0.6 is 0 Å². The molecule has 2 nitrogen and oxygen atoms in total. The average Bonchev–Trinajstić information content (AvgIpc) is 3.19. The predicted molar refractivity (Wildman–Crippen MR) is 93.3 cm³/mol. The Kier molecular flexibility index (Phi) is 2.99. The molecule has 0 aliphatic heterocycles. The first kappa shape index (κ1) is 14.0. The summed E-state index contributed by atoms with van der Waals surface area (Å²) in [4.78, 5) is 12.8. The molecular weight excluding hydrogens is 286 g/mol. The Morgan fingerprint density at radius 2 is 2.18 bits per heavy atom. The van der Waals surface area contributed by atoms with E-state index in [4.69, 9.17) is 5.73 Å². The van der Waals surface area contributed by atoms with Gasteiger partial charge in [-0.15, -0.1) is 0 Å². The van der Waals surface area contributed by atoms with Crippen molar-refractivity contribution in [2.24, 2.45) is 11.7 Å². The van der Waals surface area contributed by atoms with Gasteiger partial charge in [-0.2, -0.15) is 0 Å². The predicted octanol–water partition coefficient (Wildman–Crippen LogP) is 3.12. The fourth-order valence-electron chi connectivity index (χ4n) is 5.29. The van der Waals surface area contributed by atoms with Gasteiger partial charge in [0.25, 0.3) is 0 Å². The molecule has 22 heavy (non-hydrogen) atoms. The number of hydrogen-bond acceptors (Lipinski definition) is 1. The molecule has 1 saturated carbocycles. The summed E-state index contributed by atoms with van der Waals surface area (Å²) >= 11 is 0. The summed E-state index contributed by atoms with van der Waals surface area (Å²) in [6.45, 7) is 4.69. The maximum absolute atomic E-state index is 12.8. The molecule has 1 fully saturated rings. The Morgan fingerprint density at radius 1 is 1.36 bits per heavy atom. The van der Waals surface area contributed by atoms with E-state index >= 15 is 0 Å². The van der Waals surface area contributed by atoms with Gasteiger partial charge in [-0.3, -0.25) is 4.79 Å². The highest BCUT2D eigenvalue weighted by Gasteiger charge is 2.57. The van der Waals surface area contributed by atoms with Crippen molar-refractivity contribution in [1.29, 1.82) is 0 Å². The van der Waals surface area contributed by atoms with E-state index in [1.165, 1.54) is 28.3 Å². The second-order valence-electron chi connectivity index (χ2n) is 7.27. The third-order valence-electron chi connectivity index (χ3n) is 5.92. The summed E-state index contributed by atoms with van der Waals surface area (Å²) in [5.41, 5.74) is 11.0. The Bertz CT molecular complexity index is 731. The summed E-state index contributed by atoms with van der Waals surface area (Å²) in [5.74, 6) is 0.280. The van der Waals surface area contributed by atoms with Gasteiger partial charge in [-0.25, -0.2) is 0 Å². The first-order valence-electron chi connectivity index (χ1n) is 8.38. The molecule has 1 amide bonds. The van der Waals surface area contributed by atoms with Gasteiger partial charge in [-0.05, 0) is 48.3 Å². The topological polar surface area (TPSA) is 43.1 Å². The Hall–Kier alpha value is -1.61. The van der Waals surface area contributed by atoms with Crippen LogP contribution in [0.3, 0.4) is 0 Å². The lowest BCUT2D eigenvalue weighted by atomic mass is 9.68. The van der Waals surface area contributed by atoms with Crippen molar-refractivity contribution in [1.82, 2.24) is 0 Å². The van der Waals surface area contributed by atoms with Crippen LogP contribution < -0.4 is 5.73 Å². The number of primary amides is 1. The highest BCUT2D eigenvalue weighted by molar-refractivity contribution is 6.65. The van der Waals surface area contributed by atoms with Gasteiger partial charge >= 0.3 is 0 Å². The van der Waals surface area contributed by atoms with Crippen LogP contribution in [0, 0.1) is 5.92 Å². The minimum absolute atomic E-state index is 0.114. The number of rotatable bonds is 3. The van der Waals surface area contributed by atoms with E-state index in [2.05, 4.69) is 43.4 Å². The van der Waals surface area contributed by atoms with Gasteiger partial charge in [0.2, 0.25) is 5.91 Å². The molecule has 2 N–H and O–H groups in total. The van der Waals surface area contributed by atoms with Gasteiger partial charge in [-0.1, -0.05) is 54.2 Å². The maximum Gasteiger partial charge on any atom is 0.232 e. The van der Waals surface area contributed by atoms with Crippen molar-refractivity contribution < 1.29 is 4.79 Å². The highest BCUT2D eigenvalue weighted by Crippen LogP contribution is 2.58. The molecule has 2 bridgehead atoms. The van der Waals surface area contributed by atoms with E-state index in [9.17, 15) is 4.79 Å². The van der Waals surface area contributed by atoms with Crippen molar-refractivity contribution in [3.05, 3.63) is 51.7 Å². The molecule has 0 aromatic heterocycles. The van der Waals surface area contributed by atoms with Crippen molar-refractivity contribution in [3.63, 3.8) is 0 Å². The molecule has 0 radical (unpaired) electrons. The lowest BCUT2D eigenvalue weighted by molar-refractivity contribution is -0.123. The van der Waals surface area contributed by atoms with E-state index in [-0.39, 0.29) is 5.91 Å². The summed E-state index contributed by atoms with van der Waals surface area (Å²) in [6, 6.07) is 6.46. The molecule has 1 aromatic rings. The summed E-state index contributed by atoms with van der Waals surface area (Å²) in [6.07, 6.45) is 8.78. The first-order chi connectivity index (χ1) is 10.6. The second kappa shape index (κ2) is 4.69. The number of amides is 1. The highest BCUT2D eigenvalue weighted by atomic mass is 28.3. The number of allylic oxidation sites excluding steroid dienone is 2. The summed E-state index contributed by atoms with van der Waals surface area (Å²) < 4.78 is 0. The Balaban J connectivity index is 2.03. The van der Waals surface area contributed by atoms with Crippen LogP contribution in [0.1, 0.15) is 36.0 Å². The van der Waals surface area contributed by atoms with Crippen LogP contribution in [0.2, 0.25) is 13.1 Å². The normalized spacial score (nSPS) is 28.8. The average molecular weight is 309 g/mol. The van der Waals surface area contributed by atoms with E-state index < -0.39 is 14.2 Å². The van der Waals surface area contributed by atoms with Gasteiger partial charge in [0.15, 0.2) is 0 Å². The van der Waals surface area contributed by atoms with E-state index in [1.54, 1.807) is 5.57 Å². The lowest BCUT2D eigenvalue weighted by Gasteiger charge is -2.40. The van der Waals surface area contributed by atoms with Crippen LogP contribution in [0.25, 0.3) is 6.08 Å². The minimum Gasteiger partial charge on any atom is -0.369 e. The molecule has 3 aliphatic carbocycles. The molecule has 3 aliphatic rings. The monoisotopic (exact) mass is 309 g/mol. The molecule has 0 heterocycles. The zero-order valence-corrected chi connectivity index (χ0v) is 14.5. The quantitative estimate of drug-likeness (QED) is 0.857. The van der Waals surface area contributed by atoms with Crippen LogP contribution in [-0.4, -0.2) is 14.7 Å². The van der Waals surface area contributed by atoms with Gasteiger partial charge in [0.05, 0.1) is 14.2 Å². The van der Waals surface area contributed by atoms with Crippen LogP contribution in [0.4, 0.5) is 0 Å². The molecule has 1 aromatic carbocycles. The molecule has 2 unspecified atom stereocenters. The number of carbonyl (C=O) groups is 1. The summed E-state index contributed by atoms with van der Waals surface area (Å²) in [5, 5.41) is 1.46. The molecule has 0 saturated heterocycles. The number of carbonyl (C=O) groups excluding carboxylic acids is 1.